The Bertz CT molecular complexity index is 1750. The molecule has 0 saturated carbocycles. The number of nitrogens with zero attached hydrogens (tertiary/aromatic N) is 7. The molecule has 326 valence electrons. The molecule has 7 rings (SSSR count). The maximum Gasteiger partial charge on any atom is 0.320 e. The summed E-state index contributed by atoms with van der Waals surface area (Å²) in [5, 5.41) is 9.00. The van der Waals surface area contributed by atoms with Gasteiger partial charge in [-0.3, -0.25) is 14.5 Å². The number of anilines is 6. The summed E-state index contributed by atoms with van der Waals surface area (Å²) < 4.78 is 11.3. The van der Waals surface area contributed by atoms with Crippen molar-refractivity contribution in [1.82, 2.24) is 30.2 Å². The van der Waals surface area contributed by atoms with Crippen molar-refractivity contribution in [2.45, 2.75) is 99.5 Å². The SMILES string of the molecule is C.C.CCCCOc1nc(N)c2c(n1)N(CCC1CCN(Cc3ccccc3)CC1)CC(=O)N2.CCCCOc1nc(N)c2c(n1)N(CCC1CCNCC1)CC(=O)N2. The largest absolute Gasteiger partial charge is 0.463 e. The molecule has 16 nitrogen and oxygen atoms in total. The number of fused-ring (bicyclic) bond motifs is 2. The van der Waals surface area contributed by atoms with Crippen molar-refractivity contribution in [3.63, 3.8) is 0 Å². The van der Waals surface area contributed by atoms with E-state index in [9.17, 15) is 9.59 Å². The number of rotatable bonds is 16. The third-order valence-corrected chi connectivity index (χ3v) is 11.1. The number of likely N-dealkylation sites (tertiary alicyclic amines) is 1. The van der Waals surface area contributed by atoms with Gasteiger partial charge < -0.3 is 46.7 Å². The Morgan fingerprint density at radius 3 is 1.64 bits per heavy atom. The predicted molar refractivity (Wildman–Crippen MR) is 238 cm³/mol. The van der Waals surface area contributed by atoms with Gasteiger partial charge in [-0.2, -0.15) is 19.9 Å². The molecule has 3 aromatic rings. The summed E-state index contributed by atoms with van der Waals surface area (Å²) in [5.74, 6) is 3.05. The van der Waals surface area contributed by atoms with E-state index < -0.39 is 0 Å². The van der Waals surface area contributed by atoms with E-state index >= 15 is 0 Å². The molecule has 0 atom stereocenters. The van der Waals surface area contributed by atoms with Crippen molar-refractivity contribution in [1.29, 1.82) is 0 Å². The molecule has 2 aromatic heterocycles. The topological polar surface area (TPSA) is 202 Å². The lowest BCUT2D eigenvalue weighted by Crippen LogP contribution is -2.41. The van der Waals surface area contributed by atoms with Gasteiger partial charge in [0.25, 0.3) is 0 Å². The van der Waals surface area contributed by atoms with Gasteiger partial charge in [-0.05, 0) is 94.9 Å². The van der Waals surface area contributed by atoms with Crippen molar-refractivity contribution < 1.29 is 19.1 Å². The molecule has 0 spiro atoms. The van der Waals surface area contributed by atoms with Gasteiger partial charge >= 0.3 is 12.0 Å². The lowest BCUT2D eigenvalue weighted by atomic mass is 9.93. The van der Waals surface area contributed by atoms with Crippen LogP contribution in [0.5, 0.6) is 12.0 Å². The van der Waals surface area contributed by atoms with Crippen LogP contribution in [0.2, 0.25) is 0 Å². The molecule has 0 aliphatic carbocycles. The highest BCUT2D eigenvalue weighted by atomic mass is 16.5. The van der Waals surface area contributed by atoms with Gasteiger partial charge in [-0.15, -0.1) is 0 Å². The number of piperidine rings is 2. The van der Waals surface area contributed by atoms with E-state index in [1.54, 1.807) is 0 Å². The second-order valence-electron chi connectivity index (χ2n) is 15.5. The third kappa shape index (κ3) is 13.5. The first-order valence-electron chi connectivity index (χ1n) is 21.0. The lowest BCUT2D eigenvalue weighted by Gasteiger charge is -2.34. The Morgan fingerprint density at radius 1 is 0.695 bits per heavy atom. The number of amides is 2. The second kappa shape index (κ2) is 23.6. The van der Waals surface area contributed by atoms with Gasteiger partial charge in [0.05, 0.1) is 26.3 Å². The highest BCUT2D eigenvalue weighted by Gasteiger charge is 2.30. The van der Waals surface area contributed by atoms with E-state index in [0.29, 0.717) is 54.6 Å². The van der Waals surface area contributed by atoms with Gasteiger partial charge in [0.1, 0.15) is 11.4 Å². The predicted octanol–water partition coefficient (Wildman–Crippen LogP) is 5.96. The standard InChI is InChI=1S/C24H34N6O2.C17H28N6O2.2CH4/c1-2-3-15-32-24-27-22(25)21-23(28-24)30(17-20(31)26-21)14-11-18-9-12-29(13-10-18)16-19-7-5-4-6-8-19;1-2-3-10-25-17-21-15(18)14-16(22-17)23(11-13(24)20-14)9-6-12-4-7-19-8-5-12;;/h4-8,18H,2-3,9-17H2,1H3,(H,26,31)(H2,25,27,28);12,19H,2-11H2,1H3,(H,20,24)(H2,18,21,22);2*1H4. The minimum Gasteiger partial charge on any atom is -0.463 e. The lowest BCUT2D eigenvalue weighted by molar-refractivity contribution is -0.116. The smallest absolute Gasteiger partial charge is 0.320 e. The maximum absolute atomic E-state index is 12.3. The van der Waals surface area contributed by atoms with E-state index in [4.69, 9.17) is 20.9 Å². The normalized spacial score (nSPS) is 16.9. The van der Waals surface area contributed by atoms with Crippen LogP contribution in [0, 0.1) is 11.8 Å². The Morgan fingerprint density at radius 2 is 1.17 bits per heavy atom. The highest BCUT2D eigenvalue weighted by molar-refractivity contribution is 6.03. The zero-order valence-corrected chi connectivity index (χ0v) is 33.8. The summed E-state index contributed by atoms with van der Waals surface area (Å²) in [6.45, 7) is 12.9. The van der Waals surface area contributed by atoms with E-state index in [0.717, 1.165) is 84.3 Å². The Labute approximate surface area is 351 Å². The van der Waals surface area contributed by atoms with Crippen LogP contribution in [0.25, 0.3) is 0 Å². The van der Waals surface area contributed by atoms with Crippen LogP contribution in [0.4, 0.5) is 34.6 Å². The quantitative estimate of drug-likeness (QED) is 0.106. The number of unbranched alkanes of at least 4 members (excludes halogenated alkanes) is 2. The van der Waals surface area contributed by atoms with Crippen molar-refractivity contribution in [3.05, 3.63) is 35.9 Å². The molecule has 16 heteroatoms. The number of nitrogen functional groups attached to an aromatic ring is 2. The van der Waals surface area contributed by atoms with Crippen LogP contribution in [0.15, 0.2) is 30.3 Å². The molecular weight excluding hydrogens is 749 g/mol. The number of hydrogen-bond donors (Lipinski definition) is 5. The molecule has 4 aliphatic heterocycles. The van der Waals surface area contributed by atoms with Crippen LogP contribution >= 0.6 is 0 Å². The molecule has 0 radical (unpaired) electrons. The van der Waals surface area contributed by atoms with Crippen molar-refractivity contribution >= 4 is 46.5 Å². The van der Waals surface area contributed by atoms with E-state index in [1.807, 2.05) is 9.80 Å². The molecule has 2 fully saturated rings. The molecule has 1 aromatic carbocycles. The molecular formula is C43H70N12O4. The molecule has 2 amide bonds. The first-order valence-corrected chi connectivity index (χ1v) is 21.0. The van der Waals surface area contributed by atoms with Gasteiger partial charge in [-0.25, -0.2) is 0 Å². The molecule has 4 aliphatic rings. The maximum atomic E-state index is 12.3. The first kappa shape index (κ1) is 46.7. The third-order valence-electron chi connectivity index (χ3n) is 11.1. The Balaban J connectivity index is 0.000000259. The fraction of sp³-hybridized carbons (Fsp3) is 0.628. The highest BCUT2D eigenvalue weighted by Crippen LogP contribution is 2.35. The van der Waals surface area contributed by atoms with Crippen molar-refractivity contribution in [2.24, 2.45) is 11.8 Å². The number of carbonyl (C=O) groups is 2. The summed E-state index contributed by atoms with van der Waals surface area (Å²) in [4.78, 5) is 48.3. The number of carbonyl (C=O) groups excluding carboxylic acids is 2. The summed E-state index contributed by atoms with van der Waals surface area (Å²) in [7, 11) is 0. The van der Waals surface area contributed by atoms with Gasteiger partial charge in [0, 0.05) is 19.6 Å². The van der Waals surface area contributed by atoms with E-state index in [2.05, 4.69) is 85.0 Å². The average Bonchev–Trinajstić information content (AvgIpc) is 3.21. The number of aromatic nitrogens is 4. The monoisotopic (exact) mass is 819 g/mol. The molecule has 6 heterocycles. The molecule has 7 N–H and O–H groups in total. The molecule has 0 unspecified atom stereocenters. The zero-order valence-electron chi connectivity index (χ0n) is 33.8. The number of hydrogen-bond acceptors (Lipinski definition) is 14. The van der Waals surface area contributed by atoms with Crippen LogP contribution < -0.4 is 46.7 Å². The minimum atomic E-state index is -0.0786. The Hall–Kier alpha value is -4.96. The summed E-state index contributed by atoms with van der Waals surface area (Å²) in [6.07, 6.45) is 10.8. The zero-order chi connectivity index (χ0) is 40.0. The van der Waals surface area contributed by atoms with Gasteiger partial charge in [0.15, 0.2) is 23.3 Å². The van der Waals surface area contributed by atoms with Crippen LogP contribution in [0.3, 0.4) is 0 Å². The van der Waals surface area contributed by atoms with Gasteiger partial charge in [0.2, 0.25) is 11.8 Å². The second-order valence-corrected chi connectivity index (χ2v) is 15.5. The van der Waals surface area contributed by atoms with Crippen LogP contribution in [-0.2, 0) is 16.1 Å². The first-order chi connectivity index (χ1) is 27.8. The summed E-state index contributed by atoms with van der Waals surface area (Å²) >= 11 is 0. The van der Waals surface area contributed by atoms with E-state index in [1.165, 1.54) is 31.2 Å². The molecule has 0 bridgehead atoms. The van der Waals surface area contributed by atoms with Crippen molar-refractivity contribution in [2.75, 3.05) is 97.5 Å². The number of nitrogens with one attached hydrogen (secondary N) is 3. The fourth-order valence-electron chi connectivity index (χ4n) is 7.68. The fourth-order valence-corrected chi connectivity index (χ4v) is 7.68. The molecule has 2 saturated heterocycles. The summed E-state index contributed by atoms with van der Waals surface area (Å²) in [5.41, 5.74) is 14.5. The van der Waals surface area contributed by atoms with Crippen LogP contribution in [0.1, 0.15) is 98.5 Å². The Kier molecular flexibility index (Phi) is 18.7. The van der Waals surface area contributed by atoms with E-state index in [-0.39, 0.29) is 56.9 Å². The average molecular weight is 819 g/mol. The molecule has 59 heavy (non-hydrogen) atoms. The van der Waals surface area contributed by atoms with Gasteiger partial charge in [-0.1, -0.05) is 71.9 Å². The number of ether oxygens (including phenoxy) is 2. The minimum absolute atomic E-state index is 0. The van der Waals surface area contributed by atoms with Crippen LogP contribution in [-0.4, -0.2) is 102 Å². The number of benzene rings is 1. The summed E-state index contributed by atoms with van der Waals surface area (Å²) in [6, 6.07) is 11.2. The number of nitrogens with two attached hydrogens (primary N) is 2. The van der Waals surface area contributed by atoms with Crippen molar-refractivity contribution in [3.8, 4) is 12.0 Å².